The quantitative estimate of drug-likeness (QED) is 0.451. The van der Waals surface area contributed by atoms with Crippen LogP contribution >= 0.6 is 0 Å². The van der Waals surface area contributed by atoms with E-state index in [1.54, 1.807) is 0 Å². The van der Waals surface area contributed by atoms with Crippen molar-refractivity contribution >= 4 is 0 Å². The first-order valence-corrected chi connectivity index (χ1v) is 0. The van der Waals surface area contributed by atoms with Crippen LogP contribution in [0.25, 0.3) is 0 Å². The molecule has 6 heavy (non-hydrogen) atoms. The third-order valence-electron chi connectivity index (χ3n) is 0. The van der Waals surface area contributed by atoms with E-state index in [-0.39, 0.29) is 57.5 Å². The Kier molecular flexibility index (Phi) is 7480. The molecule has 0 aromatic rings. The largest absolute Gasteiger partial charge is 4.00 e. The van der Waals surface area contributed by atoms with Gasteiger partial charge in [-0.3, -0.25) is 0 Å². The van der Waals surface area contributed by atoms with Crippen LogP contribution in [0.5, 0.6) is 0 Å². The first-order chi connectivity index (χ1) is 0. The van der Waals surface area contributed by atoms with Crippen LogP contribution in [0, 0.1) is 0 Å². The minimum Gasteiger partial charge on any atom is -0.870 e. The molecule has 0 atom stereocenters. The van der Waals surface area contributed by atoms with Crippen molar-refractivity contribution < 1.29 is 57.5 Å². The van der Waals surface area contributed by atoms with Gasteiger partial charge in [0.15, 0.2) is 0 Å². The summed E-state index contributed by atoms with van der Waals surface area (Å²) >= 11 is 0. The van der Waals surface area contributed by atoms with Crippen LogP contribution in [-0.4, -0.2) is 21.9 Å². The molecule has 0 aliphatic heterocycles. The van der Waals surface area contributed by atoms with Crippen molar-refractivity contribution in [2.75, 3.05) is 0 Å². The van der Waals surface area contributed by atoms with Crippen LogP contribution in [0.3, 0.4) is 0 Å². The van der Waals surface area contributed by atoms with E-state index < -0.39 is 0 Å². The van der Waals surface area contributed by atoms with Crippen molar-refractivity contribution in [1.29, 1.82) is 0 Å². The molecule has 0 rings (SSSR count). The van der Waals surface area contributed by atoms with E-state index in [0.29, 0.717) is 0 Å². The molecule has 0 fully saturated rings. The Morgan fingerprint density at radius 3 is 0.500 bits per heavy atom. The molecular formula is H4FeO4V. The molecule has 0 aromatic carbocycles. The first-order valence-electron chi connectivity index (χ1n) is 0. The second-order valence-corrected chi connectivity index (χ2v) is 0. The Balaban J connectivity index is 0. The molecule has 6 heteroatoms. The fourth-order valence-electron chi connectivity index (χ4n) is 0. The molecule has 0 heterocycles. The molecule has 4 N–H and O–H groups in total. The molecule has 1 radical (unpaired) electrons. The normalized spacial score (nSPS) is 0. The van der Waals surface area contributed by atoms with E-state index in [1.165, 1.54) is 0 Å². The minimum absolute atomic E-state index is 0. The van der Waals surface area contributed by atoms with Crippen LogP contribution in [-0.2, 0) is 35.6 Å². The summed E-state index contributed by atoms with van der Waals surface area (Å²) in [7, 11) is 0. The predicted molar refractivity (Wildman–Crippen MR) is 7.74 cm³/mol. The van der Waals surface area contributed by atoms with E-state index in [0.717, 1.165) is 0 Å². The summed E-state index contributed by atoms with van der Waals surface area (Å²) < 4.78 is 0. The van der Waals surface area contributed by atoms with Crippen molar-refractivity contribution in [3.63, 3.8) is 0 Å². The zero-order chi connectivity index (χ0) is 0. The van der Waals surface area contributed by atoms with Gasteiger partial charge in [0.25, 0.3) is 0 Å². The van der Waals surface area contributed by atoms with Gasteiger partial charge in [0.05, 0.1) is 0 Å². The van der Waals surface area contributed by atoms with Gasteiger partial charge in [-0.25, -0.2) is 0 Å². The number of hydrogen-bond acceptors (Lipinski definition) is 4. The van der Waals surface area contributed by atoms with Gasteiger partial charge in [-0.15, -0.1) is 0 Å². The molecular weight excluding hydrogens is 171 g/mol. The smallest absolute Gasteiger partial charge is 0.870 e. The Morgan fingerprint density at radius 2 is 0.500 bits per heavy atom. The SMILES string of the molecule is [Fe].[OH-].[OH-].[OH-].[OH-].[V+4]. The van der Waals surface area contributed by atoms with Gasteiger partial charge in [0.1, 0.15) is 0 Å². The summed E-state index contributed by atoms with van der Waals surface area (Å²) in [5, 5.41) is 0. The van der Waals surface area contributed by atoms with Crippen molar-refractivity contribution in [2.24, 2.45) is 0 Å². The third-order valence-corrected chi connectivity index (χ3v) is 0. The second kappa shape index (κ2) is 163. The molecule has 0 aliphatic rings. The maximum Gasteiger partial charge on any atom is 4.00 e. The zero-order valence-corrected chi connectivity index (χ0v) is 5.09. The molecule has 41 valence electrons. The molecule has 0 spiro atoms. The Bertz CT molecular complexity index is 7.51. The van der Waals surface area contributed by atoms with Crippen LogP contribution in [0.4, 0.5) is 0 Å². The van der Waals surface area contributed by atoms with Gasteiger partial charge in [-0.2, -0.15) is 0 Å². The summed E-state index contributed by atoms with van der Waals surface area (Å²) in [6.07, 6.45) is 0. The molecule has 0 aromatic heterocycles. The molecule has 0 saturated heterocycles. The topological polar surface area (TPSA) is 120 Å². The van der Waals surface area contributed by atoms with Crippen molar-refractivity contribution in [2.45, 2.75) is 0 Å². The Hall–Kier alpha value is 0.944. The van der Waals surface area contributed by atoms with E-state index in [4.69, 9.17) is 0 Å². The maximum absolute atomic E-state index is 0. The van der Waals surface area contributed by atoms with Gasteiger partial charge in [-0.05, 0) is 0 Å². The van der Waals surface area contributed by atoms with Crippen LogP contribution < -0.4 is 0 Å². The van der Waals surface area contributed by atoms with Gasteiger partial charge < -0.3 is 21.9 Å². The number of rotatable bonds is 0. The Morgan fingerprint density at radius 1 is 0.500 bits per heavy atom. The van der Waals surface area contributed by atoms with E-state index in [9.17, 15) is 0 Å². The van der Waals surface area contributed by atoms with Gasteiger partial charge >= 0.3 is 18.6 Å². The van der Waals surface area contributed by atoms with E-state index >= 15 is 0 Å². The van der Waals surface area contributed by atoms with Crippen LogP contribution in [0.2, 0.25) is 0 Å². The summed E-state index contributed by atoms with van der Waals surface area (Å²) in [6.45, 7) is 0. The summed E-state index contributed by atoms with van der Waals surface area (Å²) in [5.74, 6) is 0. The standard InChI is InChI=1S/Fe.4H2O.V/h;4*1H2;/q;;;;;+4/p-4. The van der Waals surface area contributed by atoms with E-state index in [1.807, 2.05) is 0 Å². The number of hydrogen-bond donors (Lipinski definition) is 0. The first kappa shape index (κ1) is 275. The van der Waals surface area contributed by atoms with Gasteiger partial charge in [0, 0.05) is 17.1 Å². The minimum atomic E-state index is 0. The van der Waals surface area contributed by atoms with E-state index in [2.05, 4.69) is 0 Å². The maximum atomic E-state index is 0. The van der Waals surface area contributed by atoms with Crippen LogP contribution in [0.15, 0.2) is 0 Å². The van der Waals surface area contributed by atoms with Crippen molar-refractivity contribution in [3.8, 4) is 0 Å². The fraction of sp³-hybridized carbons (Fsp3) is 0. The average molecular weight is 175 g/mol. The molecule has 0 amide bonds. The zero-order valence-electron chi connectivity index (χ0n) is 2.59. The monoisotopic (exact) mass is 175 g/mol. The molecule has 0 bridgehead atoms. The van der Waals surface area contributed by atoms with Gasteiger partial charge in [0.2, 0.25) is 0 Å². The summed E-state index contributed by atoms with van der Waals surface area (Å²) in [5.41, 5.74) is 0. The molecule has 0 saturated carbocycles. The summed E-state index contributed by atoms with van der Waals surface area (Å²) in [4.78, 5) is 0. The summed E-state index contributed by atoms with van der Waals surface area (Å²) in [6, 6.07) is 0. The van der Waals surface area contributed by atoms with Crippen molar-refractivity contribution in [1.82, 2.24) is 0 Å². The molecule has 0 aliphatic carbocycles. The molecule has 0 unspecified atom stereocenters. The Labute approximate surface area is 57.9 Å². The second-order valence-electron chi connectivity index (χ2n) is 0. The average Bonchev–Trinajstić information content (AvgIpc) is 0. The fourth-order valence-corrected chi connectivity index (χ4v) is 0. The van der Waals surface area contributed by atoms with Crippen LogP contribution in [0.1, 0.15) is 0 Å². The van der Waals surface area contributed by atoms with Crippen molar-refractivity contribution in [3.05, 3.63) is 0 Å². The van der Waals surface area contributed by atoms with Gasteiger partial charge in [-0.1, -0.05) is 0 Å². The molecule has 4 nitrogen and oxygen atoms in total. The third kappa shape index (κ3) is 86.3. The predicted octanol–water partition coefficient (Wildman–Crippen LogP) is -0.712.